The van der Waals surface area contributed by atoms with Gasteiger partial charge in [0.05, 0.1) is 0 Å². The van der Waals surface area contributed by atoms with Gasteiger partial charge >= 0.3 is 0 Å². The van der Waals surface area contributed by atoms with E-state index in [9.17, 15) is 4.79 Å². The van der Waals surface area contributed by atoms with Crippen LogP contribution in [0.1, 0.15) is 19.8 Å². The first kappa shape index (κ1) is 19.8. The number of halogens is 2. The number of fused-ring (bicyclic) bond motifs is 1. The monoisotopic (exact) mass is 331 g/mol. The summed E-state index contributed by atoms with van der Waals surface area (Å²) in [6.45, 7) is 3.89. The molecule has 2 aromatic rings. The summed E-state index contributed by atoms with van der Waals surface area (Å²) in [6, 6.07) is 8.15. The van der Waals surface area contributed by atoms with Crippen LogP contribution in [-0.2, 0) is 11.3 Å². The van der Waals surface area contributed by atoms with Crippen molar-refractivity contribution in [1.82, 2.24) is 9.88 Å². The first-order valence-electron chi connectivity index (χ1n) is 6.78. The topological polar surface area (TPSA) is 46.1 Å². The van der Waals surface area contributed by atoms with Gasteiger partial charge in [-0.3, -0.25) is 4.79 Å². The molecule has 0 bridgehead atoms. The molecule has 118 valence electrons. The van der Waals surface area contributed by atoms with Crippen molar-refractivity contribution in [1.29, 1.82) is 0 Å². The zero-order valence-electron chi connectivity index (χ0n) is 12.4. The summed E-state index contributed by atoms with van der Waals surface area (Å²) in [4.78, 5) is 11.7. The van der Waals surface area contributed by atoms with E-state index in [-0.39, 0.29) is 30.7 Å². The fourth-order valence-electron chi connectivity index (χ4n) is 2.18. The molecule has 0 aliphatic heterocycles. The average molecular weight is 332 g/mol. The van der Waals surface area contributed by atoms with Crippen molar-refractivity contribution in [3.63, 3.8) is 0 Å². The van der Waals surface area contributed by atoms with Gasteiger partial charge < -0.3 is 15.2 Å². The fraction of sp³-hybridized carbons (Fsp3) is 0.400. The minimum atomic E-state index is 0. The van der Waals surface area contributed by atoms with Gasteiger partial charge in [-0.25, -0.2) is 0 Å². The Hall–Kier alpha value is -1.23. The summed E-state index contributed by atoms with van der Waals surface area (Å²) in [5.74, 6) is 0.0432. The molecule has 0 spiro atoms. The van der Waals surface area contributed by atoms with Crippen LogP contribution in [-0.4, -0.2) is 24.1 Å². The summed E-state index contributed by atoms with van der Waals surface area (Å²) >= 11 is 0. The van der Waals surface area contributed by atoms with E-state index in [1.807, 2.05) is 19.2 Å². The van der Waals surface area contributed by atoms with Crippen molar-refractivity contribution in [3.05, 3.63) is 30.5 Å². The normalized spacial score (nSPS) is 9.81. The summed E-state index contributed by atoms with van der Waals surface area (Å²) in [5.41, 5.74) is 2.08. The number of amides is 1. The second-order valence-corrected chi connectivity index (χ2v) is 4.68. The van der Waals surface area contributed by atoms with Crippen LogP contribution in [0.25, 0.3) is 10.9 Å². The number of benzene rings is 1. The van der Waals surface area contributed by atoms with Gasteiger partial charge in [-0.05, 0) is 37.7 Å². The second kappa shape index (κ2) is 9.66. The molecule has 1 amide bonds. The van der Waals surface area contributed by atoms with E-state index in [4.69, 9.17) is 0 Å². The Kier molecular flexibility index (Phi) is 9.09. The van der Waals surface area contributed by atoms with Crippen molar-refractivity contribution in [2.75, 3.05) is 18.9 Å². The van der Waals surface area contributed by atoms with Crippen molar-refractivity contribution < 1.29 is 4.79 Å². The van der Waals surface area contributed by atoms with Crippen LogP contribution in [0.15, 0.2) is 30.5 Å². The first-order valence-corrected chi connectivity index (χ1v) is 6.78. The lowest BCUT2D eigenvalue weighted by Crippen LogP contribution is -2.18. The lowest BCUT2D eigenvalue weighted by atomic mass is 10.2. The fourth-order valence-corrected chi connectivity index (χ4v) is 2.18. The molecular weight excluding hydrogens is 309 g/mol. The maximum absolute atomic E-state index is 11.7. The third-order valence-corrected chi connectivity index (χ3v) is 3.12. The SMILES string of the molecule is CCCn1ccc2cc(NC(=O)CCNC)ccc21.Cl.Cl. The molecule has 0 aliphatic rings. The van der Waals surface area contributed by atoms with Crippen LogP contribution < -0.4 is 10.6 Å². The molecule has 0 saturated heterocycles. The molecule has 6 heteroatoms. The van der Waals surface area contributed by atoms with E-state index < -0.39 is 0 Å². The number of rotatable bonds is 6. The Bertz CT molecular complexity index is 569. The highest BCUT2D eigenvalue weighted by Crippen LogP contribution is 2.21. The Labute approximate surface area is 138 Å². The highest BCUT2D eigenvalue weighted by molar-refractivity contribution is 5.94. The third-order valence-electron chi connectivity index (χ3n) is 3.12. The highest BCUT2D eigenvalue weighted by atomic mass is 35.5. The standard InChI is InChI=1S/C15H21N3O.2ClH/c1-3-9-18-10-7-12-11-13(4-5-14(12)18)17-15(19)6-8-16-2;;/h4-5,7,10-11,16H,3,6,8-9H2,1-2H3,(H,17,19);2*1H. The summed E-state index contributed by atoms with van der Waals surface area (Å²) in [6.07, 6.45) is 3.71. The molecular formula is C15H23Cl2N3O. The van der Waals surface area contributed by atoms with E-state index >= 15 is 0 Å². The van der Waals surface area contributed by atoms with E-state index in [1.165, 1.54) is 10.9 Å². The van der Waals surface area contributed by atoms with Crippen molar-refractivity contribution >= 4 is 47.3 Å². The maximum Gasteiger partial charge on any atom is 0.225 e. The Morgan fingerprint density at radius 1 is 1.24 bits per heavy atom. The maximum atomic E-state index is 11.7. The first-order chi connectivity index (χ1) is 9.24. The van der Waals surface area contributed by atoms with Crippen LogP contribution in [0.4, 0.5) is 5.69 Å². The van der Waals surface area contributed by atoms with Gasteiger partial charge in [-0.1, -0.05) is 6.92 Å². The van der Waals surface area contributed by atoms with Gasteiger partial charge in [0.2, 0.25) is 5.91 Å². The largest absolute Gasteiger partial charge is 0.347 e. The quantitative estimate of drug-likeness (QED) is 0.851. The van der Waals surface area contributed by atoms with E-state index in [0.29, 0.717) is 13.0 Å². The number of nitrogens with zero attached hydrogens (tertiary/aromatic N) is 1. The van der Waals surface area contributed by atoms with Crippen LogP contribution >= 0.6 is 24.8 Å². The zero-order valence-corrected chi connectivity index (χ0v) is 14.0. The van der Waals surface area contributed by atoms with Crippen LogP contribution in [0.2, 0.25) is 0 Å². The molecule has 0 radical (unpaired) electrons. The lowest BCUT2D eigenvalue weighted by Gasteiger charge is -2.07. The van der Waals surface area contributed by atoms with Gasteiger partial charge in [0.15, 0.2) is 0 Å². The smallest absolute Gasteiger partial charge is 0.225 e. The molecule has 0 unspecified atom stereocenters. The van der Waals surface area contributed by atoms with E-state index in [0.717, 1.165) is 18.7 Å². The number of aryl methyl sites for hydroxylation is 1. The molecule has 1 aromatic heterocycles. The van der Waals surface area contributed by atoms with E-state index in [2.05, 4.69) is 40.5 Å². The van der Waals surface area contributed by atoms with Gasteiger partial charge in [-0.2, -0.15) is 0 Å². The molecule has 21 heavy (non-hydrogen) atoms. The van der Waals surface area contributed by atoms with Crippen LogP contribution in [0.5, 0.6) is 0 Å². The molecule has 1 heterocycles. The zero-order chi connectivity index (χ0) is 13.7. The van der Waals surface area contributed by atoms with Crippen molar-refractivity contribution in [2.45, 2.75) is 26.3 Å². The third kappa shape index (κ3) is 5.23. The number of anilines is 1. The Morgan fingerprint density at radius 2 is 2.00 bits per heavy atom. The molecule has 0 aliphatic carbocycles. The number of carbonyl (C=O) groups is 1. The minimum Gasteiger partial charge on any atom is -0.347 e. The molecule has 2 rings (SSSR count). The number of nitrogens with one attached hydrogen (secondary N) is 2. The number of hydrogen-bond acceptors (Lipinski definition) is 2. The number of hydrogen-bond donors (Lipinski definition) is 2. The van der Waals surface area contributed by atoms with Crippen LogP contribution in [0, 0.1) is 0 Å². The predicted octanol–water partition coefficient (Wildman–Crippen LogP) is 3.44. The average Bonchev–Trinajstić information content (AvgIpc) is 2.79. The van der Waals surface area contributed by atoms with E-state index in [1.54, 1.807) is 0 Å². The molecule has 4 nitrogen and oxygen atoms in total. The lowest BCUT2D eigenvalue weighted by molar-refractivity contribution is -0.116. The number of carbonyl (C=O) groups excluding carboxylic acids is 1. The van der Waals surface area contributed by atoms with Gasteiger partial charge in [0.1, 0.15) is 0 Å². The summed E-state index contributed by atoms with van der Waals surface area (Å²) in [5, 5.41) is 7.06. The minimum absolute atomic E-state index is 0. The molecule has 0 fully saturated rings. The molecule has 2 N–H and O–H groups in total. The summed E-state index contributed by atoms with van der Waals surface area (Å²) in [7, 11) is 1.84. The van der Waals surface area contributed by atoms with Crippen molar-refractivity contribution in [3.8, 4) is 0 Å². The number of aromatic nitrogens is 1. The predicted molar refractivity (Wildman–Crippen MR) is 93.9 cm³/mol. The van der Waals surface area contributed by atoms with Gasteiger partial charge in [0.25, 0.3) is 0 Å². The molecule has 1 aromatic carbocycles. The van der Waals surface area contributed by atoms with Gasteiger partial charge in [0, 0.05) is 42.3 Å². The molecule has 0 atom stereocenters. The Balaban J connectivity index is 0.00000200. The van der Waals surface area contributed by atoms with Crippen molar-refractivity contribution in [2.24, 2.45) is 0 Å². The second-order valence-electron chi connectivity index (χ2n) is 4.68. The Morgan fingerprint density at radius 3 is 2.67 bits per heavy atom. The highest BCUT2D eigenvalue weighted by Gasteiger charge is 2.04. The van der Waals surface area contributed by atoms with Gasteiger partial charge in [-0.15, -0.1) is 24.8 Å². The summed E-state index contributed by atoms with van der Waals surface area (Å²) < 4.78 is 2.24. The molecule has 0 saturated carbocycles. The van der Waals surface area contributed by atoms with Crippen LogP contribution in [0.3, 0.4) is 0 Å².